The summed E-state index contributed by atoms with van der Waals surface area (Å²) in [6, 6.07) is 0. The van der Waals surface area contributed by atoms with Crippen molar-refractivity contribution in [3.63, 3.8) is 0 Å². The van der Waals surface area contributed by atoms with Crippen LogP contribution in [0.4, 0.5) is 0 Å². The molecule has 5 rings (SSSR count). The van der Waals surface area contributed by atoms with Crippen LogP contribution in [0.3, 0.4) is 0 Å². The van der Waals surface area contributed by atoms with Gasteiger partial charge in [-0.3, -0.25) is 43.2 Å². The molecule has 5 aliphatic rings. The maximum atomic E-state index is 12.1. The van der Waals surface area contributed by atoms with Gasteiger partial charge in [-0.1, -0.05) is 94.0 Å². The lowest BCUT2D eigenvalue weighted by Gasteiger charge is -2.36. The van der Waals surface area contributed by atoms with E-state index >= 15 is 0 Å². The third-order valence-electron chi connectivity index (χ3n) is 15.6. The Morgan fingerprint density at radius 3 is 1.30 bits per heavy atom. The first-order chi connectivity index (χ1) is 34.1. The molecular weight excluding hydrogens is 1070 g/mol. The van der Waals surface area contributed by atoms with Crippen molar-refractivity contribution >= 4 is 53.7 Å². The number of rotatable bonds is 16. The van der Waals surface area contributed by atoms with E-state index < -0.39 is 56.3 Å². The average molecular weight is 1200 g/mol. The Balaban J connectivity index is -0.000000139. The summed E-state index contributed by atoms with van der Waals surface area (Å²) < 4.78 is 51.6. The molecule has 0 saturated carbocycles. The predicted octanol–water partition coefficient (Wildman–Crippen LogP) is 14.2. The molecule has 0 aromatic heterocycles. The number of cyclic esters (lactones) is 5. The third-order valence-corrected chi connectivity index (χ3v) is 15.6. The average Bonchev–Trinajstić information content (AvgIpc) is 4.08. The second-order valence-corrected chi connectivity index (χ2v) is 24.3. The van der Waals surface area contributed by atoms with Crippen LogP contribution in [0, 0.1) is 33.0 Å². The molecule has 0 aromatic rings. The summed E-state index contributed by atoms with van der Waals surface area (Å²) in [5.41, 5.74) is -5.49. The Kier molecular flexibility index (Phi) is 42.8. The van der Waals surface area contributed by atoms with E-state index in [1.54, 1.807) is 41.5 Å². The number of hydrogen-bond acceptors (Lipinski definition) is 19. The normalized spacial score (nSPS) is 24.0. The van der Waals surface area contributed by atoms with Crippen LogP contribution in [0.25, 0.3) is 0 Å². The Morgan fingerprint density at radius 1 is 0.542 bits per heavy atom. The zero-order valence-corrected chi connectivity index (χ0v) is 49.4. The zero-order valence-electron chi connectivity index (χ0n) is 49.4. The maximum Gasteiger partial charge on any atom is 0.312 e. The van der Waals surface area contributed by atoms with Gasteiger partial charge < -0.3 is 47.4 Å². The standard InChI is InChI=1S/C13H22O5.C13H22O4.C12H20O4.C11H18O4.C7H12O2.8CH4/c1-6-12(2,3)11(15)17-9-7-10(14)18-13(9,4)8-16-5;1-7-11(2,3)10(15)17-13(6)8-9(14)16-12(13,4)5;1-6-11(2,3)10(14)15-8-7-9(13)16-12(8,4)5;1-4-11(2,3)10(13)15-7-8-5-6-14-9(8)12;1-3-7(2)4-5-9-6(7)8;;;;;;;;/h9H,6-8H2,1-5H3;7-8H2,1-6H3;8H,6-7H2,1-5H3;8H,4-7H2,1-3H3;3-5H2,1-2H3;8*1H4. The van der Waals surface area contributed by atoms with E-state index in [4.69, 9.17) is 47.4 Å². The van der Waals surface area contributed by atoms with E-state index in [1.165, 1.54) is 7.11 Å². The SMILES string of the molecule is C.C.C.C.C.C.C.C.CCC(C)(C)C(=O)OC1(C)CC(=O)OC1(C)C.CCC(C)(C)C(=O)OC1CC(=O)OC1(C)C.CCC(C)(C)C(=O)OC1CC(=O)OC1(C)COC.CCC(C)(C)C(=O)OCC1CCOC1=O.CCC1(C)CCOC1=O. The molecule has 6 atom stereocenters. The summed E-state index contributed by atoms with van der Waals surface area (Å²) in [6.45, 7) is 38.3. The van der Waals surface area contributed by atoms with Gasteiger partial charge in [0.15, 0.2) is 23.4 Å². The quantitative estimate of drug-likeness (QED) is 0.103. The lowest BCUT2D eigenvalue weighted by Crippen LogP contribution is -2.49. The van der Waals surface area contributed by atoms with Crippen LogP contribution in [0.15, 0.2) is 0 Å². The molecule has 0 spiro atoms. The van der Waals surface area contributed by atoms with E-state index in [0.717, 1.165) is 19.3 Å². The Labute approximate surface area is 505 Å². The molecule has 496 valence electrons. The van der Waals surface area contributed by atoms with E-state index in [0.29, 0.717) is 38.9 Å². The maximum absolute atomic E-state index is 12.1. The highest BCUT2D eigenvalue weighted by Crippen LogP contribution is 2.41. The molecule has 5 aliphatic heterocycles. The number of carbonyl (C=O) groups excluding carboxylic acids is 9. The van der Waals surface area contributed by atoms with Crippen molar-refractivity contribution < 1.29 is 90.5 Å². The van der Waals surface area contributed by atoms with Crippen molar-refractivity contribution in [3.8, 4) is 0 Å². The molecule has 19 heteroatoms. The molecule has 19 nitrogen and oxygen atoms in total. The van der Waals surface area contributed by atoms with Gasteiger partial charge in [0.2, 0.25) is 0 Å². The molecule has 0 amide bonds. The molecule has 6 unspecified atom stereocenters. The number of hydrogen-bond donors (Lipinski definition) is 0. The number of esters is 9. The summed E-state index contributed by atoms with van der Waals surface area (Å²) in [5.74, 6) is -2.64. The topological polar surface area (TPSA) is 246 Å². The molecule has 0 radical (unpaired) electrons. The van der Waals surface area contributed by atoms with E-state index in [2.05, 4.69) is 0 Å². The third kappa shape index (κ3) is 26.6. The molecule has 0 aliphatic carbocycles. The Bertz CT molecular complexity index is 2020. The van der Waals surface area contributed by atoms with Crippen LogP contribution in [0.2, 0.25) is 0 Å². The van der Waals surface area contributed by atoms with Crippen molar-refractivity contribution in [1.29, 1.82) is 0 Å². The first kappa shape index (κ1) is 94.6. The first-order valence-corrected chi connectivity index (χ1v) is 26.4. The fourth-order valence-corrected chi connectivity index (χ4v) is 6.89. The molecule has 83 heavy (non-hydrogen) atoms. The molecule has 0 N–H and O–H groups in total. The minimum Gasteiger partial charge on any atom is -0.465 e. The monoisotopic (exact) mass is 1200 g/mol. The van der Waals surface area contributed by atoms with Gasteiger partial charge in [0.1, 0.15) is 17.8 Å². The summed E-state index contributed by atoms with van der Waals surface area (Å²) >= 11 is 0. The fraction of sp³-hybridized carbons (Fsp3) is 0.859. The highest BCUT2D eigenvalue weighted by Gasteiger charge is 2.56. The Morgan fingerprint density at radius 2 is 0.964 bits per heavy atom. The zero-order chi connectivity index (χ0) is 58.4. The van der Waals surface area contributed by atoms with E-state index in [9.17, 15) is 43.2 Å². The van der Waals surface area contributed by atoms with Crippen LogP contribution in [0.1, 0.15) is 262 Å². The van der Waals surface area contributed by atoms with Gasteiger partial charge in [-0.15, -0.1) is 0 Å². The van der Waals surface area contributed by atoms with Crippen molar-refractivity contribution in [2.75, 3.05) is 33.5 Å². The van der Waals surface area contributed by atoms with Crippen molar-refractivity contribution in [2.45, 2.75) is 297 Å². The molecule has 5 fully saturated rings. The summed E-state index contributed by atoms with van der Waals surface area (Å²) in [7, 11) is 1.52. The van der Waals surface area contributed by atoms with Crippen LogP contribution < -0.4 is 0 Å². The van der Waals surface area contributed by atoms with E-state index in [1.807, 2.05) is 96.9 Å². The van der Waals surface area contributed by atoms with Gasteiger partial charge in [-0.05, 0) is 149 Å². The minimum atomic E-state index is -0.884. The van der Waals surface area contributed by atoms with Gasteiger partial charge in [-0.2, -0.15) is 0 Å². The second kappa shape index (κ2) is 37.6. The second-order valence-electron chi connectivity index (χ2n) is 24.3. The summed E-state index contributed by atoms with van der Waals surface area (Å²) in [5, 5.41) is 0. The predicted molar refractivity (Wildman–Crippen MR) is 329 cm³/mol. The van der Waals surface area contributed by atoms with Gasteiger partial charge in [0.05, 0.1) is 72.1 Å². The fourth-order valence-electron chi connectivity index (χ4n) is 6.89. The van der Waals surface area contributed by atoms with Gasteiger partial charge in [0.25, 0.3) is 0 Å². The van der Waals surface area contributed by atoms with Gasteiger partial charge in [-0.25, -0.2) is 0 Å². The van der Waals surface area contributed by atoms with Crippen molar-refractivity contribution in [3.05, 3.63) is 0 Å². The molecule has 5 saturated heterocycles. The van der Waals surface area contributed by atoms with Crippen LogP contribution in [-0.2, 0) is 90.5 Å². The lowest BCUT2D eigenvalue weighted by molar-refractivity contribution is -0.184. The van der Waals surface area contributed by atoms with Crippen molar-refractivity contribution in [1.82, 2.24) is 0 Å². The Hall–Kier alpha value is -4.81. The highest BCUT2D eigenvalue weighted by atomic mass is 16.6. The molecule has 0 aromatic carbocycles. The number of methoxy groups -OCH3 is 1. The minimum absolute atomic E-state index is 0. The van der Waals surface area contributed by atoms with Crippen molar-refractivity contribution in [2.24, 2.45) is 33.0 Å². The van der Waals surface area contributed by atoms with Gasteiger partial charge in [0, 0.05) is 7.11 Å². The number of carbonyl (C=O) groups is 9. The lowest BCUT2D eigenvalue weighted by atomic mass is 9.85. The van der Waals surface area contributed by atoms with Gasteiger partial charge >= 0.3 is 53.7 Å². The van der Waals surface area contributed by atoms with Crippen LogP contribution >= 0.6 is 0 Å². The van der Waals surface area contributed by atoms with Crippen LogP contribution in [0.5, 0.6) is 0 Å². The molecular formula is C64H126O19. The highest BCUT2D eigenvalue weighted by molar-refractivity contribution is 5.81. The van der Waals surface area contributed by atoms with Crippen LogP contribution in [-0.4, -0.2) is 122 Å². The van der Waals surface area contributed by atoms with E-state index in [-0.39, 0.29) is 157 Å². The molecule has 0 bridgehead atoms. The number of ether oxygens (including phenoxy) is 10. The summed E-state index contributed by atoms with van der Waals surface area (Å²) in [4.78, 5) is 103. The molecule has 5 heterocycles. The first-order valence-electron chi connectivity index (χ1n) is 26.4. The largest absolute Gasteiger partial charge is 0.465 e. The summed E-state index contributed by atoms with van der Waals surface area (Å²) in [6.07, 6.45) is 4.53. The smallest absolute Gasteiger partial charge is 0.312 e.